The number of halogens is 1. The lowest BCUT2D eigenvalue weighted by Crippen LogP contribution is -2.51. The third kappa shape index (κ3) is 7.02. The molecule has 1 N–H and O–H groups in total. The van der Waals surface area contributed by atoms with Gasteiger partial charge in [0.05, 0.1) is 17.7 Å². The minimum atomic E-state index is -4.13. The van der Waals surface area contributed by atoms with Gasteiger partial charge in [-0.3, -0.25) is 13.9 Å². The molecule has 10 heteroatoms. The third-order valence-electron chi connectivity index (χ3n) is 5.75. The van der Waals surface area contributed by atoms with Gasteiger partial charge in [0.15, 0.2) is 0 Å². The van der Waals surface area contributed by atoms with Crippen molar-refractivity contribution in [3.63, 3.8) is 0 Å². The first kappa shape index (κ1) is 28.0. The molecule has 0 unspecified atom stereocenters. The Balaban J connectivity index is 1.98. The van der Waals surface area contributed by atoms with Gasteiger partial charge >= 0.3 is 0 Å². The van der Waals surface area contributed by atoms with Crippen molar-refractivity contribution in [1.29, 1.82) is 0 Å². The van der Waals surface area contributed by atoms with E-state index in [0.29, 0.717) is 23.0 Å². The van der Waals surface area contributed by atoms with E-state index in [1.807, 2.05) is 0 Å². The zero-order valence-electron chi connectivity index (χ0n) is 20.9. The predicted molar refractivity (Wildman–Crippen MR) is 144 cm³/mol. The minimum absolute atomic E-state index is 0.00738. The summed E-state index contributed by atoms with van der Waals surface area (Å²) in [6.45, 7) is 3.40. The van der Waals surface area contributed by atoms with E-state index in [1.54, 1.807) is 75.6 Å². The molecule has 0 aliphatic rings. The van der Waals surface area contributed by atoms with Crippen LogP contribution in [-0.2, 0) is 26.2 Å². The molecule has 0 radical (unpaired) electrons. The van der Waals surface area contributed by atoms with Crippen molar-refractivity contribution in [2.24, 2.45) is 0 Å². The van der Waals surface area contributed by atoms with Crippen molar-refractivity contribution in [2.45, 2.75) is 31.3 Å². The summed E-state index contributed by atoms with van der Waals surface area (Å²) in [7, 11) is -2.57. The average molecular weight is 544 g/mol. The Morgan fingerprint density at radius 3 is 2.16 bits per heavy atom. The number of anilines is 1. The van der Waals surface area contributed by atoms with E-state index in [1.165, 1.54) is 29.2 Å². The summed E-state index contributed by atoms with van der Waals surface area (Å²) >= 11 is 5.96. The molecule has 0 aromatic heterocycles. The molecule has 2 amide bonds. The van der Waals surface area contributed by atoms with Crippen LogP contribution in [0.4, 0.5) is 5.69 Å². The van der Waals surface area contributed by atoms with Crippen molar-refractivity contribution in [2.75, 3.05) is 24.5 Å². The number of methoxy groups -OCH3 is 1. The molecule has 0 heterocycles. The zero-order chi connectivity index (χ0) is 27.0. The maximum atomic E-state index is 13.7. The van der Waals surface area contributed by atoms with Crippen molar-refractivity contribution >= 4 is 39.1 Å². The molecule has 0 aliphatic carbocycles. The van der Waals surface area contributed by atoms with Gasteiger partial charge in [-0.25, -0.2) is 8.42 Å². The lowest BCUT2D eigenvalue weighted by molar-refractivity contribution is -0.139. The fourth-order valence-corrected chi connectivity index (χ4v) is 5.23. The molecule has 3 aromatic carbocycles. The monoisotopic (exact) mass is 543 g/mol. The van der Waals surface area contributed by atoms with Crippen LogP contribution in [0.2, 0.25) is 5.02 Å². The highest BCUT2D eigenvalue weighted by Gasteiger charge is 2.32. The molecule has 0 fully saturated rings. The van der Waals surface area contributed by atoms with Crippen molar-refractivity contribution in [3.05, 3.63) is 89.4 Å². The number of rotatable bonds is 11. The molecule has 1 atom stereocenters. The third-order valence-corrected chi connectivity index (χ3v) is 7.80. The normalized spacial score (nSPS) is 11.9. The van der Waals surface area contributed by atoms with Crippen LogP contribution in [0.15, 0.2) is 83.8 Å². The second-order valence-corrected chi connectivity index (χ2v) is 10.5. The number of para-hydroxylation sites is 1. The number of benzene rings is 3. The maximum absolute atomic E-state index is 13.7. The van der Waals surface area contributed by atoms with E-state index < -0.39 is 28.5 Å². The highest BCUT2D eigenvalue weighted by molar-refractivity contribution is 7.92. The van der Waals surface area contributed by atoms with Crippen molar-refractivity contribution in [3.8, 4) is 5.75 Å². The van der Waals surface area contributed by atoms with E-state index >= 15 is 0 Å². The fraction of sp³-hybridized carbons (Fsp3) is 0.259. The first-order valence-corrected chi connectivity index (χ1v) is 13.5. The van der Waals surface area contributed by atoms with Crippen LogP contribution in [0.3, 0.4) is 0 Å². The van der Waals surface area contributed by atoms with Crippen LogP contribution in [-0.4, -0.2) is 51.4 Å². The molecular formula is C27H30ClN3O5S. The van der Waals surface area contributed by atoms with E-state index in [9.17, 15) is 18.0 Å². The molecule has 0 saturated carbocycles. The SMILES string of the molecule is CCNC(=O)[C@H](C)N(Cc1ccc(OC)cc1)C(=O)CN(c1ccccc1)S(=O)(=O)c1ccc(Cl)cc1. The number of hydrogen-bond donors (Lipinski definition) is 1. The molecule has 196 valence electrons. The highest BCUT2D eigenvalue weighted by Crippen LogP contribution is 2.25. The maximum Gasteiger partial charge on any atom is 0.264 e. The van der Waals surface area contributed by atoms with Gasteiger partial charge in [-0.15, -0.1) is 0 Å². The van der Waals surface area contributed by atoms with Crippen LogP contribution < -0.4 is 14.4 Å². The summed E-state index contributed by atoms with van der Waals surface area (Å²) in [6, 6.07) is 20.4. The van der Waals surface area contributed by atoms with E-state index in [4.69, 9.17) is 16.3 Å². The van der Waals surface area contributed by atoms with Gasteiger partial charge < -0.3 is 15.0 Å². The molecule has 3 rings (SSSR count). The summed E-state index contributed by atoms with van der Waals surface area (Å²) in [5.74, 6) is -0.213. The van der Waals surface area contributed by atoms with Gasteiger partial charge in [0.1, 0.15) is 18.3 Å². The van der Waals surface area contributed by atoms with E-state index in [0.717, 1.165) is 9.87 Å². The Bertz CT molecular complexity index is 1300. The number of likely N-dealkylation sites (N-methyl/N-ethyl adjacent to an activating group) is 1. The lowest BCUT2D eigenvalue weighted by atomic mass is 10.1. The second kappa shape index (κ2) is 12.6. The molecule has 3 aromatic rings. The average Bonchev–Trinajstić information content (AvgIpc) is 2.91. The predicted octanol–water partition coefficient (Wildman–Crippen LogP) is 4.10. The number of carbonyl (C=O) groups is 2. The first-order chi connectivity index (χ1) is 17.7. The Hall–Kier alpha value is -3.56. The summed E-state index contributed by atoms with van der Waals surface area (Å²) in [6.07, 6.45) is 0. The summed E-state index contributed by atoms with van der Waals surface area (Å²) in [5, 5.41) is 3.13. The summed E-state index contributed by atoms with van der Waals surface area (Å²) in [4.78, 5) is 27.8. The van der Waals surface area contributed by atoms with Gasteiger partial charge in [-0.2, -0.15) is 0 Å². The fourth-order valence-electron chi connectivity index (χ4n) is 3.69. The van der Waals surface area contributed by atoms with Crippen LogP contribution in [0, 0.1) is 0 Å². The van der Waals surface area contributed by atoms with Gasteiger partial charge in [0.2, 0.25) is 11.8 Å². The molecule has 37 heavy (non-hydrogen) atoms. The van der Waals surface area contributed by atoms with Crippen molar-refractivity contribution in [1.82, 2.24) is 10.2 Å². The number of hydrogen-bond acceptors (Lipinski definition) is 5. The Kier molecular flexibility index (Phi) is 9.54. The quantitative estimate of drug-likeness (QED) is 0.393. The molecule has 0 aliphatic heterocycles. The molecule has 0 spiro atoms. The number of nitrogens with zero attached hydrogens (tertiary/aromatic N) is 2. The van der Waals surface area contributed by atoms with E-state index in [-0.39, 0.29) is 17.3 Å². The first-order valence-electron chi connectivity index (χ1n) is 11.7. The Labute approximate surface area is 222 Å². The van der Waals surface area contributed by atoms with Crippen LogP contribution in [0.5, 0.6) is 5.75 Å². The smallest absolute Gasteiger partial charge is 0.264 e. The molecule has 8 nitrogen and oxygen atoms in total. The van der Waals surface area contributed by atoms with Gasteiger partial charge in [0.25, 0.3) is 10.0 Å². The number of carbonyl (C=O) groups excluding carboxylic acids is 2. The Morgan fingerprint density at radius 2 is 1.59 bits per heavy atom. The number of amides is 2. The number of ether oxygens (including phenoxy) is 1. The molecular weight excluding hydrogens is 514 g/mol. The molecule has 0 saturated heterocycles. The van der Waals surface area contributed by atoms with Crippen LogP contribution in [0.1, 0.15) is 19.4 Å². The standard InChI is InChI=1S/C27H30ClN3O5S/c1-4-29-27(33)20(2)30(18-21-10-14-24(36-3)15-11-21)26(32)19-31(23-8-6-5-7-9-23)37(34,35)25-16-12-22(28)13-17-25/h5-17,20H,4,18-19H2,1-3H3,(H,29,33)/t20-/m0/s1. The second-order valence-electron chi connectivity index (χ2n) is 8.24. The topological polar surface area (TPSA) is 96.0 Å². The zero-order valence-corrected chi connectivity index (χ0v) is 22.5. The summed E-state index contributed by atoms with van der Waals surface area (Å²) in [5.41, 5.74) is 1.08. The number of nitrogens with one attached hydrogen (secondary N) is 1. The lowest BCUT2D eigenvalue weighted by Gasteiger charge is -2.32. The number of sulfonamides is 1. The van der Waals surface area contributed by atoms with Gasteiger partial charge in [0, 0.05) is 18.1 Å². The van der Waals surface area contributed by atoms with Crippen LogP contribution in [0.25, 0.3) is 0 Å². The molecule has 0 bridgehead atoms. The summed E-state index contributed by atoms with van der Waals surface area (Å²) < 4.78 is 33.6. The van der Waals surface area contributed by atoms with E-state index in [2.05, 4.69) is 5.32 Å². The Morgan fingerprint density at radius 1 is 0.973 bits per heavy atom. The minimum Gasteiger partial charge on any atom is -0.497 e. The van der Waals surface area contributed by atoms with Gasteiger partial charge in [-0.05, 0) is 67.9 Å². The van der Waals surface area contributed by atoms with Crippen molar-refractivity contribution < 1.29 is 22.7 Å². The highest BCUT2D eigenvalue weighted by atomic mass is 35.5. The largest absolute Gasteiger partial charge is 0.497 e. The van der Waals surface area contributed by atoms with Crippen LogP contribution >= 0.6 is 11.6 Å². The van der Waals surface area contributed by atoms with Gasteiger partial charge in [-0.1, -0.05) is 41.9 Å².